The summed E-state index contributed by atoms with van der Waals surface area (Å²) >= 11 is 3.34. The molecule has 0 bridgehead atoms. The lowest BCUT2D eigenvalue weighted by Gasteiger charge is -2.16. The highest BCUT2D eigenvalue weighted by molar-refractivity contribution is 9.10. The number of rotatable bonds is 4. The number of carbonyl (C=O) groups is 2. The fourth-order valence-electron chi connectivity index (χ4n) is 2.26. The second-order valence-corrected chi connectivity index (χ2v) is 5.88. The summed E-state index contributed by atoms with van der Waals surface area (Å²) in [6.07, 6.45) is 4.91. The molecule has 5 heteroatoms. The largest absolute Gasteiger partial charge is 0.303 e. The van der Waals surface area contributed by atoms with Crippen molar-refractivity contribution in [2.45, 2.75) is 25.7 Å². The number of pyridine rings is 1. The van der Waals surface area contributed by atoms with E-state index in [0.717, 1.165) is 28.7 Å². The number of nitrogens with zero attached hydrogens (tertiary/aromatic N) is 2. The Morgan fingerprint density at radius 2 is 2.28 bits per heavy atom. The van der Waals surface area contributed by atoms with Crippen LogP contribution in [0.5, 0.6) is 0 Å². The van der Waals surface area contributed by atoms with Crippen LogP contribution in [0.15, 0.2) is 16.7 Å². The van der Waals surface area contributed by atoms with Crippen molar-refractivity contribution in [3.63, 3.8) is 0 Å². The van der Waals surface area contributed by atoms with E-state index in [1.165, 1.54) is 0 Å². The van der Waals surface area contributed by atoms with E-state index in [1.54, 1.807) is 11.1 Å². The van der Waals surface area contributed by atoms with Gasteiger partial charge in [0.25, 0.3) is 0 Å². The van der Waals surface area contributed by atoms with Crippen molar-refractivity contribution in [2.75, 3.05) is 11.4 Å². The molecule has 0 aromatic carbocycles. The first-order valence-corrected chi connectivity index (χ1v) is 6.89. The second-order valence-electron chi connectivity index (χ2n) is 4.96. The maximum absolute atomic E-state index is 11.9. The quantitative estimate of drug-likeness (QED) is 0.856. The number of amides is 1. The molecule has 1 aliphatic carbocycles. The van der Waals surface area contributed by atoms with Crippen LogP contribution in [-0.2, 0) is 16.0 Å². The van der Waals surface area contributed by atoms with Gasteiger partial charge in [0.15, 0.2) is 5.78 Å². The lowest BCUT2D eigenvalue weighted by atomic mass is 10.2. The number of halogens is 1. The van der Waals surface area contributed by atoms with Gasteiger partial charge in [-0.2, -0.15) is 0 Å². The fraction of sp³-hybridized carbons (Fsp3) is 0.462. The molecule has 2 aliphatic rings. The van der Waals surface area contributed by atoms with Crippen LogP contribution in [-0.4, -0.2) is 23.2 Å². The maximum Gasteiger partial charge on any atom is 0.233 e. The Morgan fingerprint density at radius 3 is 3.00 bits per heavy atom. The molecule has 0 radical (unpaired) electrons. The summed E-state index contributed by atoms with van der Waals surface area (Å²) in [5.74, 6) is 0.689. The van der Waals surface area contributed by atoms with E-state index in [1.807, 2.05) is 6.07 Å². The molecule has 2 heterocycles. The van der Waals surface area contributed by atoms with E-state index >= 15 is 0 Å². The Balaban J connectivity index is 1.77. The third-order valence-electron chi connectivity index (χ3n) is 3.37. The van der Waals surface area contributed by atoms with Crippen LogP contribution < -0.4 is 4.90 Å². The van der Waals surface area contributed by atoms with E-state index in [4.69, 9.17) is 0 Å². The van der Waals surface area contributed by atoms with Gasteiger partial charge in [0.05, 0.1) is 24.3 Å². The van der Waals surface area contributed by atoms with Crippen molar-refractivity contribution in [2.24, 2.45) is 5.92 Å². The molecule has 0 saturated heterocycles. The fourth-order valence-corrected chi connectivity index (χ4v) is 2.58. The summed E-state index contributed by atoms with van der Waals surface area (Å²) in [6.45, 7) is 0.195. The van der Waals surface area contributed by atoms with Gasteiger partial charge in [-0.15, -0.1) is 0 Å². The van der Waals surface area contributed by atoms with E-state index < -0.39 is 0 Å². The summed E-state index contributed by atoms with van der Waals surface area (Å²) in [4.78, 5) is 29.5. The Labute approximate surface area is 114 Å². The standard InChI is InChI=1S/C13H13BrN2O2/c14-9-4-12-11(15-6-9)5-13(18)16(12)7-10(17)3-8-1-2-8/h4,6,8H,1-3,5,7H2. The molecule has 0 spiro atoms. The summed E-state index contributed by atoms with van der Waals surface area (Å²) in [7, 11) is 0. The highest BCUT2D eigenvalue weighted by atomic mass is 79.9. The molecule has 0 unspecified atom stereocenters. The van der Waals surface area contributed by atoms with Gasteiger partial charge in [-0.1, -0.05) is 0 Å². The second kappa shape index (κ2) is 4.46. The minimum atomic E-state index is -0.0280. The molecule has 94 valence electrons. The number of Topliss-reactive ketones (excluding diaryl/α,β-unsaturated/α-hetero) is 1. The smallest absolute Gasteiger partial charge is 0.233 e. The van der Waals surface area contributed by atoms with E-state index in [-0.39, 0.29) is 18.2 Å². The van der Waals surface area contributed by atoms with Crippen LogP contribution in [0.1, 0.15) is 25.0 Å². The summed E-state index contributed by atoms with van der Waals surface area (Å²) in [5.41, 5.74) is 1.54. The van der Waals surface area contributed by atoms with Gasteiger partial charge in [-0.25, -0.2) is 0 Å². The SMILES string of the molecule is O=C(CC1CC1)CN1C(=O)Cc2ncc(Br)cc21. The minimum absolute atomic E-state index is 0.0280. The Morgan fingerprint density at radius 1 is 1.50 bits per heavy atom. The van der Waals surface area contributed by atoms with Crippen LogP contribution in [0.25, 0.3) is 0 Å². The topological polar surface area (TPSA) is 50.3 Å². The lowest BCUT2D eigenvalue weighted by molar-refractivity contribution is -0.122. The Hall–Kier alpha value is -1.23. The number of hydrogen-bond acceptors (Lipinski definition) is 3. The highest BCUT2D eigenvalue weighted by Gasteiger charge is 2.32. The average Bonchev–Trinajstić information content (AvgIpc) is 3.07. The maximum atomic E-state index is 11.9. The third kappa shape index (κ3) is 2.32. The molecular formula is C13H13BrN2O2. The predicted molar refractivity (Wildman–Crippen MR) is 70.3 cm³/mol. The number of aromatic nitrogens is 1. The van der Waals surface area contributed by atoms with Crippen molar-refractivity contribution in [3.05, 3.63) is 22.4 Å². The molecule has 0 N–H and O–H groups in total. The van der Waals surface area contributed by atoms with E-state index in [2.05, 4.69) is 20.9 Å². The molecule has 1 aromatic rings. The van der Waals surface area contributed by atoms with Crippen LogP contribution in [0, 0.1) is 5.92 Å². The van der Waals surface area contributed by atoms with Crippen LogP contribution in [0.2, 0.25) is 0 Å². The van der Waals surface area contributed by atoms with Crippen molar-refractivity contribution < 1.29 is 9.59 Å². The third-order valence-corrected chi connectivity index (χ3v) is 3.81. The van der Waals surface area contributed by atoms with E-state index in [0.29, 0.717) is 18.8 Å². The molecule has 0 atom stereocenters. The highest BCUT2D eigenvalue weighted by Crippen LogP contribution is 2.34. The first-order valence-electron chi connectivity index (χ1n) is 6.10. The number of hydrogen-bond donors (Lipinski definition) is 0. The number of carbonyl (C=O) groups excluding carboxylic acids is 2. The van der Waals surface area contributed by atoms with Crippen molar-refractivity contribution in [3.8, 4) is 0 Å². The Kier molecular flexibility index (Phi) is 2.93. The van der Waals surface area contributed by atoms with Gasteiger partial charge in [-0.05, 0) is 40.8 Å². The number of anilines is 1. The first kappa shape index (κ1) is 11.8. The van der Waals surface area contributed by atoms with Crippen LogP contribution in [0.4, 0.5) is 5.69 Å². The molecule has 1 amide bonds. The van der Waals surface area contributed by atoms with Crippen molar-refractivity contribution in [1.29, 1.82) is 0 Å². The first-order chi connectivity index (χ1) is 8.63. The molecule has 1 aliphatic heterocycles. The zero-order valence-electron chi connectivity index (χ0n) is 9.86. The van der Waals surface area contributed by atoms with Crippen molar-refractivity contribution in [1.82, 2.24) is 4.98 Å². The zero-order valence-corrected chi connectivity index (χ0v) is 11.4. The lowest BCUT2D eigenvalue weighted by Crippen LogP contribution is -2.32. The normalized spacial score (nSPS) is 18.1. The molecule has 1 fully saturated rings. The van der Waals surface area contributed by atoms with Gasteiger partial charge in [0, 0.05) is 17.1 Å². The van der Waals surface area contributed by atoms with Gasteiger partial charge in [0.2, 0.25) is 5.91 Å². The zero-order chi connectivity index (χ0) is 12.7. The van der Waals surface area contributed by atoms with Gasteiger partial charge in [-0.3, -0.25) is 14.6 Å². The van der Waals surface area contributed by atoms with Crippen LogP contribution in [0.3, 0.4) is 0 Å². The average molecular weight is 309 g/mol. The molecule has 3 rings (SSSR count). The summed E-state index contributed by atoms with van der Waals surface area (Å²) in [6, 6.07) is 1.86. The van der Waals surface area contributed by atoms with E-state index in [9.17, 15) is 9.59 Å². The van der Waals surface area contributed by atoms with Gasteiger partial charge in [0.1, 0.15) is 0 Å². The predicted octanol–water partition coefficient (Wildman–Crippen LogP) is 2.10. The number of fused-ring (bicyclic) bond motifs is 1. The summed E-state index contributed by atoms with van der Waals surface area (Å²) < 4.78 is 0.829. The molecular weight excluding hydrogens is 296 g/mol. The number of ketones is 1. The van der Waals surface area contributed by atoms with Gasteiger partial charge < -0.3 is 4.90 Å². The molecule has 1 aromatic heterocycles. The molecule has 18 heavy (non-hydrogen) atoms. The Bertz CT molecular complexity index is 526. The molecule has 4 nitrogen and oxygen atoms in total. The van der Waals surface area contributed by atoms with Crippen LogP contribution >= 0.6 is 15.9 Å². The molecule has 1 saturated carbocycles. The van der Waals surface area contributed by atoms with Gasteiger partial charge >= 0.3 is 0 Å². The summed E-state index contributed by atoms with van der Waals surface area (Å²) in [5, 5.41) is 0. The van der Waals surface area contributed by atoms with Crippen molar-refractivity contribution >= 4 is 33.3 Å². The minimum Gasteiger partial charge on any atom is -0.303 e. The monoisotopic (exact) mass is 308 g/mol.